The molecule has 21 heavy (non-hydrogen) atoms. The molecular weight excluding hydrogens is 264 g/mol. The molecule has 0 bridgehead atoms. The molecule has 0 unspecified atom stereocenters. The van der Waals surface area contributed by atoms with Crippen molar-refractivity contribution in [3.05, 3.63) is 42.2 Å². The minimum atomic E-state index is 0.776. The second-order valence-corrected chi connectivity index (χ2v) is 5.09. The fourth-order valence-corrected chi connectivity index (χ4v) is 2.58. The molecule has 3 aromatic heterocycles. The summed E-state index contributed by atoms with van der Waals surface area (Å²) in [4.78, 5) is 4.24. The van der Waals surface area contributed by atoms with Gasteiger partial charge in [-0.15, -0.1) is 0 Å². The molecule has 0 aliphatic rings. The predicted molar refractivity (Wildman–Crippen MR) is 82.6 cm³/mol. The average Bonchev–Trinajstić information content (AvgIpc) is 3.05. The highest BCUT2D eigenvalue weighted by atomic mass is 15.3. The van der Waals surface area contributed by atoms with E-state index in [1.807, 2.05) is 30.1 Å². The van der Waals surface area contributed by atoms with Crippen molar-refractivity contribution in [3.8, 4) is 0 Å². The highest BCUT2D eigenvalue weighted by Gasteiger charge is 2.09. The van der Waals surface area contributed by atoms with E-state index in [1.165, 1.54) is 5.56 Å². The molecular formula is C15H14N6. The van der Waals surface area contributed by atoms with E-state index in [0.717, 1.165) is 33.4 Å². The number of aromatic amines is 1. The van der Waals surface area contributed by atoms with Crippen molar-refractivity contribution in [1.29, 1.82) is 0 Å². The molecule has 0 aliphatic carbocycles. The van der Waals surface area contributed by atoms with Crippen molar-refractivity contribution < 1.29 is 0 Å². The lowest BCUT2D eigenvalue weighted by molar-refractivity contribution is 0.797. The van der Waals surface area contributed by atoms with Gasteiger partial charge in [0.2, 0.25) is 0 Å². The Morgan fingerprint density at radius 1 is 1.24 bits per heavy atom. The van der Waals surface area contributed by atoms with Gasteiger partial charge in [-0.25, -0.2) is 4.98 Å². The summed E-state index contributed by atoms with van der Waals surface area (Å²) in [5.74, 6) is 0.777. The molecule has 1 aromatic carbocycles. The van der Waals surface area contributed by atoms with Gasteiger partial charge in [0.15, 0.2) is 11.5 Å². The molecule has 4 aromatic rings. The summed E-state index contributed by atoms with van der Waals surface area (Å²) in [6.45, 7) is 2.08. The van der Waals surface area contributed by atoms with Crippen molar-refractivity contribution in [3.63, 3.8) is 0 Å². The molecule has 0 fully saturated rings. The standard InChI is InChI=1S/C15H14N6/c1-9-6-10(7-13-12(9)8-17-21(13)2)18-15-11-4-3-5-16-14(11)19-20-15/h3-8H,1-2H3,(H2,16,18,19,20). The summed E-state index contributed by atoms with van der Waals surface area (Å²) < 4.78 is 1.87. The van der Waals surface area contributed by atoms with Crippen LogP contribution in [0, 0.1) is 6.92 Å². The fourth-order valence-electron chi connectivity index (χ4n) is 2.58. The van der Waals surface area contributed by atoms with Crippen LogP contribution in [0.3, 0.4) is 0 Å². The number of aryl methyl sites for hydroxylation is 2. The fraction of sp³-hybridized carbons (Fsp3) is 0.133. The van der Waals surface area contributed by atoms with Crippen LogP contribution in [0.15, 0.2) is 36.7 Å². The van der Waals surface area contributed by atoms with Gasteiger partial charge in [0, 0.05) is 24.3 Å². The first kappa shape index (κ1) is 11.9. The van der Waals surface area contributed by atoms with Crippen molar-refractivity contribution in [2.24, 2.45) is 7.05 Å². The molecule has 3 heterocycles. The van der Waals surface area contributed by atoms with Gasteiger partial charge in [-0.1, -0.05) is 0 Å². The van der Waals surface area contributed by atoms with Crippen LogP contribution in [0.1, 0.15) is 5.56 Å². The monoisotopic (exact) mass is 278 g/mol. The number of rotatable bonds is 2. The normalized spacial score (nSPS) is 11.3. The largest absolute Gasteiger partial charge is 0.338 e. The third-order valence-electron chi connectivity index (χ3n) is 3.67. The van der Waals surface area contributed by atoms with E-state index in [2.05, 4.69) is 44.7 Å². The number of hydrogen-bond acceptors (Lipinski definition) is 4. The van der Waals surface area contributed by atoms with E-state index >= 15 is 0 Å². The lowest BCUT2D eigenvalue weighted by atomic mass is 10.1. The molecule has 2 N–H and O–H groups in total. The zero-order valence-electron chi connectivity index (χ0n) is 11.8. The minimum Gasteiger partial charge on any atom is -0.338 e. The summed E-state index contributed by atoms with van der Waals surface area (Å²) >= 11 is 0. The first-order valence-corrected chi connectivity index (χ1v) is 6.71. The van der Waals surface area contributed by atoms with E-state index in [9.17, 15) is 0 Å². The molecule has 0 atom stereocenters. The highest BCUT2D eigenvalue weighted by Crippen LogP contribution is 2.27. The first-order valence-electron chi connectivity index (χ1n) is 6.71. The Morgan fingerprint density at radius 3 is 3.05 bits per heavy atom. The molecule has 6 heteroatoms. The summed E-state index contributed by atoms with van der Waals surface area (Å²) in [6.07, 6.45) is 3.64. The van der Waals surface area contributed by atoms with Gasteiger partial charge in [0.25, 0.3) is 0 Å². The van der Waals surface area contributed by atoms with Gasteiger partial charge in [0.1, 0.15) is 0 Å². The summed E-state index contributed by atoms with van der Waals surface area (Å²) in [5, 5.41) is 17.0. The van der Waals surface area contributed by atoms with Crippen LogP contribution in [-0.4, -0.2) is 25.0 Å². The number of fused-ring (bicyclic) bond motifs is 2. The Hall–Kier alpha value is -2.89. The Labute approximate surface area is 120 Å². The number of aromatic nitrogens is 5. The van der Waals surface area contributed by atoms with Crippen LogP contribution in [-0.2, 0) is 7.05 Å². The van der Waals surface area contributed by atoms with Gasteiger partial charge in [-0.3, -0.25) is 9.78 Å². The number of benzene rings is 1. The first-order chi connectivity index (χ1) is 10.2. The molecule has 0 saturated heterocycles. The molecule has 4 rings (SSSR count). The molecule has 0 spiro atoms. The van der Waals surface area contributed by atoms with Crippen molar-refractivity contribution in [2.75, 3.05) is 5.32 Å². The maximum Gasteiger partial charge on any atom is 0.161 e. The van der Waals surface area contributed by atoms with Crippen LogP contribution in [0.5, 0.6) is 0 Å². The number of pyridine rings is 1. The number of nitrogens with one attached hydrogen (secondary N) is 2. The Bertz CT molecular complexity index is 949. The number of hydrogen-bond donors (Lipinski definition) is 2. The van der Waals surface area contributed by atoms with Crippen LogP contribution in [0.25, 0.3) is 21.9 Å². The van der Waals surface area contributed by atoms with Crippen LogP contribution in [0.2, 0.25) is 0 Å². The summed E-state index contributed by atoms with van der Waals surface area (Å²) in [5.41, 5.74) is 4.04. The quantitative estimate of drug-likeness (QED) is 0.591. The molecule has 6 nitrogen and oxygen atoms in total. The maximum atomic E-state index is 4.30. The van der Waals surface area contributed by atoms with E-state index in [1.54, 1.807) is 6.20 Å². The Morgan fingerprint density at radius 2 is 2.14 bits per heavy atom. The van der Waals surface area contributed by atoms with Crippen LogP contribution >= 0.6 is 0 Å². The minimum absolute atomic E-state index is 0.776. The average molecular weight is 278 g/mol. The van der Waals surface area contributed by atoms with Gasteiger partial charge in [0.05, 0.1) is 17.1 Å². The van der Waals surface area contributed by atoms with Crippen LogP contribution in [0.4, 0.5) is 11.5 Å². The number of anilines is 2. The van der Waals surface area contributed by atoms with Gasteiger partial charge in [-0.2, -0.15) is 10.2 Å². The SMILES string of the molecule is Cc1cc(Nc2n[nH]c3ncccc23)cc2c1cnn2C. The lowest BCUT2D eigenvalue weighted by Crippen LogP contribution is -1.94. The third kappa shape index (κ3) is 1.84. The molecule has 0 aliphatic heterocycles. The summed E-state index contributed by atoms with van der Waals surface area (Å²) in [6, 6.07) is 8.06. The zero-order valence-corrected chi connectivity index (χ0v) is 11.8. The van der Waals surface area contributed by atoms with Crippen molar-refractivity contribution in [2.45, 2.75) is 6.92 Å². The van der Waals surface area contributed by atoms with Gasteiger partial charge < -0.3 is 5.32 Å². The van der Waals surface area contributed by atoms with Gasteiger partial charge in [-0.05, 0) is 36.8 Å². The zero-order chi connectivity index (χ0) is 14.4. The Kier molecular flexibility index (Phi) is 2.44. The third-order valence-corrected chi connectivity index (χ3v) is 3.67. The lowest BCUT2D eigenvalue weighted by Gasteiger charge is -2.06. The van der Waals surface area contributed by atoms with Gasteiger partial charge >= 0.3 is 0 Å². The summed E-state index contributed by atoms with van der Waals surface area (Å²) in [7, 11) is 1.94. The smallest absolute Gasteiger partial charge is 0.161 e. The second-order valence-electron chi connectivity index (χ2n) is 5.09. The predicted octanol–water partition coefficient (Wildman–Crippen LogP) is 2.90. The highest BCUT2D eigenvalue weighted by molar-refractivity contribution is 5.91. The van der Waals surface area contributed by atoms with E-state index in [4.69, 9.17) is 0 Å². The number of nitrogens with zero attached hydrogens (tertiary/aromatic N) is 4. The topological polar surface area (TPSA) is 71.4 Å². The van der Waals surface area contributed by atoms with E-state index in [0.29, 0.717) is 0 Å². The maximum absolute atomic E-state index is 4.30. The second kappa shape index (κ2) is 4.31. The van der Waals surface area contributed by atoms with Crippen molar-refractivity contribution >= 4 is 33.4 Å². The number of H-pyrrole nitrogens is 1. The van der Waals surface area contributed by atoms with Crippen LogP contribution < -0.4 is 5.32 Å². The molecule has 0 amide bonds. The molecule has 104 valence electrons. The van der Waals surface area contributed by atoms with Crippen molar-refractivity contribution in [1.82, 2.24) is 25.0 Å². The molecule has 0 saturated carbocycles. The van der Waals surface area contributed by atoms with E-state index in [-0.39, 0.29) is 0 Å². The van der Waals surface area contributed by atoms with E-state index < -0.39 is 0 Å². The Balaban J connectivity index is 1.82. The molecule has 0 radical (unpaired) electrons.